The first-order chi connectivity index (χ1) is 6.84. The first kappa shape index (κ1) is 9.68. The van der Waals surface area contributed by atoms with Crippen LogP contribution in [0, 0.1) is 0 Å². The van der Waals surface area contributed by atoms with Gasteiger partial charge in [0, 0.05) is 32.0 Å². The Labute approximate surface area is 84.1 Å². The molecule has 4 nitrogen and oxygen atoms in total. The van der Waals surface area contributed by atoms with Gasteiger partial charge in [-0.25, -0.2) is 0 Å². The summed E-state index contributed by atoms with van der Waals surface area (Å²) in [7, 11) is 0. The quantitative estimate of drug-likeness (QED) is 0.756. The maximum absolute atomic E-state index is 9.33. The molecule has 1 fully saturated rings. The fourth-order valence-electron chi connectivity index (χ4n) is 1.82. The van der Waals surface area contributed by atoms with E-state index in [1.165, 1.54) is 0 Å². The maximum atomic E-state index is 9.33. The second-order valence-electron chi connectivity index (χ2n) is 3.84. The molecular formula is C10H17N3O. The number of likely N-dealkylation sites (tertiary alicyclic amines) is 1. The third kappa shape index (κ3) is 2.56. The van der Waals surface area contributed by atoms with Crippen LogP contribution in [0.1, 0.15) is 12.8 Å². The van der Waals surface area contributed by atoms with Crippen molar-refractivity contribution in [2.75, 3.05) is 19.6 Å². The van der Waals surface area contributed by atoms with Crippen molar-refractivity contribution >= 4 is 0 Å². The average Bonchev–Trinajstić information content (AvgIpc) is 2.70. The molecule has 0 amide bonds. The van der Waals surface area contributed by atoms with E-state index in [0.717, 1.165) is 39.0 Å². The minimum absolute atomic E-state index is 0.0732. The number of nitrogens with zero attached hydrogens (tertiary/aromatic N) is 3. The van der Waals surface area contributed by atoms with E-state index in [-0.39, 0.29) is 6.10 Å². The Hall–Kier alpha value is -0.870. The monoisotopic (exact) mass is 195 g/mol. The molecule has 0 unspecified atom stereocenters. The lowest BCUT2D eigenvalue weighted by molar-refractivity contribution is 0.0805. The molecule has 1 saturated heterocycles. The van der Waals surface area contributed by atoms with Crippen molar-refractivity contribution in [3.63, 3.8) is 0 Å². The molecule has 0 aliphatic carbocycles. The lowest BCUT2D eigenvalue weighted by atomic mass is 10.1. The number of aliphatic hydroxyl groups excluding tert-OH is 1. The minimum atomic E-state index is -0.0732. The Kier molecular flexibility index (Phi) is 3.16. The van der Waals surface area contributed by atoms with Crippen LogP contribution < -0.4 is 0 Å². The van der Waals surface area contributed by atoms with E-state index < -0.39 is 0 Å². The SMILES string of the molecule is OC1CCN(CCn2cccn2)CC1. The Bertz CT molecular complexity index is 252. The van der Waals surface area contributed by atoms with Gasteiger partial charge in [-0.1, -0.05) is 0 Å². The molecule has 0 saturated carbocycles. The Morgan fingerprint density at radius 3 is 2.71 bits per heavy atom. The van der Waals surface area contributed by atoms with E-state index >= 15 is 0 Å². The molecule has 2 rings (SSSR count). The van der Waals surface area contributed by atoms with Crippen molar-refractivity contribution in [1.29, 1.82) is 0 Å². The van der Waals surface area contributed by atoms with Crippen molar-refractivity contribution in [3.8, 4) is 0 Å². The Morgan fingerprint density at radius 2 is 2.07 bits per heavy atom. The number of rotatable bonds is 3. The zero-order chi connectivity index (χ0) is 9.80. The van der Waals surface area contributed by atoms with Gasteiger partial charge < -0.3 is 10.0 Å². The van der Waals surface area contributed by atoms with Crippen LogP contribution in [0.15, 0.2) is 18.5 Å². The van der Waals surface area contributed by atoms with Crippen LogP contribution in [0.25, 0.3) is 0 Å². The highest BCUT2D eigenvalue weighted by atomic mass is 16.3. The van der Waals surface area contributed by atoms with Crippen LogP contribution in [-0.4, -0.2) is 45.5 Å². The molecule has 1 aromatic heterocycles. The smallest absolute Gasteiger partial charge is 0.0564 e. The molecule has 1 aliphatic rings. The van der Waals surface area contributed by atoms with Crippen LogP contribution in [0.4, 0.5) is 0 Å². The number of hydrogen-bond donors (Lipinski definition) is 1. The van der Waals surface area contributed by atoms with Gasteiger partial charge >= 0.3 is 0 Å². The van der Waals surface area contributed by atoms with Crippen molar-refractivity contribution in [2.24, 2.45) is 0 Å². The summed E-state index contributed by atoms with van der Waals surface area (Å²) in [5, 5.41) is 13.5. The average molecular weight is 195 g/mol. The lowest BCUT2D eigenvalue weighted by Crippen LogP contribution is -2.37. The van der Waals surface area contributed by atoms with Gasteiger partial charge in [0.1, 0.15) is 0 Å². The molecule has 0 atom stereocenters. The molecule has 14 heavy (non-hydrogen) atoms. The number of piperidine rings is 1. The van der Waals surface area contributed by atoms with Gasteiger partial charge in [0.15, 0.2) is 0 Å². The zero-order valence-corrected chi connectivity index (χ0v) is 8.34. The standard InChI is InChI=1S/C10H17N3O/c14-10-2-6-12(7-3-10)8-9-13-5-1-4-11-13/h1,4-5,10,14H,2-3,6-9H2. The number of hydrogen-bond acceptors (Lipinski definition) is 3. The molecule has 1 aliphatic heterocycles. The highest BCUT2D eigenvalue weighted by Crippen LogP contribution is 2.09. The molecule has 1 N–H and O–H groups in total. The third-order valence-electron chi connectivity index (χ3n) is 2.76. The van der Waals surface area contributed by atoms with E-state index in [1.807, 2.05) is 16.9 Å². The topological polar surface area (TPSA) is 41.3 Å². The molecule has 0 spiro atoms. The minimum Gasteiger partial charge on any atom is -0.393 e. The Balaban J connectivity index is 1.71. The summed E-state index contributed by atoms with van der Waals surface area (Å²) in [5.41, 5.74) is 0. The van der Waals surface area contributed by atoms with Gasteiger partial charge in [-0.05, 0) is 18.9 Å². The van der Waals surface area contributed by atoms with Gasteiger partial charge in [-0.2, -0.15) is 5.10 Å². The fourth-order valence-corrected chi connectivity index (χ4v) is 1.82. The number of aliphatic hydroxyl groups is 1. The molecule has 0 bridgehead atoms. The molecule has 4 heteroatoms. The summed E-state index contributed by atoms with van der Waals surface area (Å²) in [6.07, 6.45) is 5.55. The van der Waals surface area contributed by atoms with Crippen LogP contribution in [0.2, 0.25) is 0 Å². The second-order valence-corrected chi connectivity index (χ2v) is 3.84. The molecule has 0 radical (unpaired) electrons. The first-order valence-corrected chi connectivity index (χ1v) is 5.22. The van der Waals surface area contributed by atoms with E-state index in [9.17, 15) is 5.11 Å². The lowest BCUT2D eigenvalue weighted by Gasteiger charge is -2.29. The number of aromatic nitrogens is 2. The summed E-state index contributed by atoms with van der Waals surface area (Å²) in [6.45, 7) is 4.02. The van der Waals surface area contributed by atoms with Crippen molar-refractivity contribution in [1.82, 2.24) is 14.7 Å². The van der Waals surface area contributed by atoms with Gasteiger partial charge in [0.05, 0.1) is 12.6 Å². The normalized spacial score (nSPS) is 20.1. The summed E-state index contributed by atoms with van der Waals surface area (Å²) in [6, 6.07) is 1.94. The second kappa shape index (κ2) is 4.57. The van der Waals surface area contributed by atoms with Crippen LogP contribution in [0.3, 0.4) is 0 Å². The highest BCUT2D eigenvalue weighted by molar-refractivity contribution is 4.78. The highest BCUT2D eigenvalue weighted by Gasteiger charge is 2.16. The van der Waals surface area contributed by atoms with Crippen molar-refractivity contribution in [3.05, 3.63) is 18.5 Å². The van der Waals surface area contributed by atoms with Crippen LogP contribution >= 0.6 is 0 Å². The Morgan fingerprint density at radius 1 is 1.29 bits per heavy atom. The zero-order valence-electron chi connectivity index (χ0n) is 8.34. The van der Waals surface area contributed by atoms with Crippen molar-refractivity contribution < 1.29 is 5.11 Å². The summed E-state index contributed by atoms with van der Waals surface area (Å²) < 4.78 is 1.95. The van der Waals surface area contributed by atoms with Gasteiger partial charge in [0.25, 0.3) is 0 Å². The fraction of sp³-hybridized carbons (Fsp3) is 0.700. The molecular weight excluding hydrogens is 178 g/mol. The molecule has 1 aromatic rings. The van der Waals surface area contributed by atoms with E-state index in [2.05, 4.69) is 10.00 Å². The molecule has 2 heterocycles. The van der Waals surface area contributed by atoms with E-state index in [0.29, 0.717) is 0 Å². The molecule has 78 valence electrons. The van der Waals surface area contributed by atoms with Crippen molar-refractivity contribution in [2.45, 2.75) is 25.5 Å². The molecule has 0 aromatic carbocycles. The summed E-state index contributed by atoms with van der Waals surface area (Å²) in [5.74, 6) is 0. The van der Waals surface area contributed by atoms with Gasteiger partial charge in [-0.3, -0.25) is 4.68 Å². The largest absolute Gasteiger partial charge is 0.393 e. The van der Waals surface area contributed by atoms with Crippen LogP contribution in [0.5, 0.6) is 0 Å². The van der Waals surface area contributed by atoms with Crippen LogP contribution in [-0.2, 0) is 6.54 Å². The summed E-state index contributed by atoms with van der Waals surface area (Å²) >= 11 is 0. The predicted molar refractivity (Wildman–Crippen MR) is 53.9 cm³/mol. The maximum Gasteiger partial charge on any atom is 0.0564 e. The van der Waals surface area contributed by atoms with Gasteiger partial charge in [-0.15, -0.1) is 0 Å². The third-order valence-corrected chi connectivity index (χ3v) is 2.76. The predicted octanol–water partition coefficient (Wildman–Crippen LogP) is 0.340. The summed E-state index contributed by atoms with van der Waals surface area (Å²) in [4.78, 5) is 2.38. The van der Waals surface area contributed by atoms with E-state index in [1.54, 1.807) is 6.20 Å². The van der Waals surface area contributed by atoms with Gasteiger partial charge in [0.2, 0.25) is 0 Å². The first-order valence-electron chi connectivity index (χ1n) is 5.22. The van der Waals surface area contributed by atoms with E-state index in [4.69, 9.17) is 0 Å².